The van der Waals surface area contributed by atoms with Gasteiger partial charge >= 0.3 is 0 Å². The highest BCUT2D eigenvalue weighted by Crippen LogP contribution is 2.24. The molecule has 2 saturated heterocycles. The average molecular weight is 652 g/mol. The molecular formula is C35H37N7O6. The van der Waals surface area contributed by atoms with Gasteiger partial charge in [-0.1, -0.05) is 48.5 Å². The number of benzene rings is 2. The molecule has 5 atom stereocenters. The summed E-state index contributed by atoms with van der Waals surface area (Å²) >= 11 is 0. The van der Waals surface area contributed by atoms with E-state index in [1.54, 1.807) is 30.5 Å². The largest absolute Gasteiger partial charge is 0.391 e. The molecule has 0 aliphatic carbocycles. The second-order valence-electron chi connectivity index (χ2n) is 12.2. The van der Waals surface area contributed by atoms with E-state index in [4.69, 9.17) is 0 Å². The lowest BCUT2D eigenvalue weighted by molar-refractivity contribution is -0.142. The van der Waals surface area contributed by atoms with E-state index in [0.29, 0.717) is 5.56 Å². The molecule has 0 saturated carbocycles. The van der Waals surface area contributed by atoms with Gasteiger partial charge in [0.25, 0.3) is 5.91 Å². The summed E-state index contributed by atoms with van der Waals surface area (Å²) in [5.41, 5.74) is 2.58. The molecule has 2 aromatic carbocycles. The van der Waals surface area contributed by atoms with Gasteiger partial charge in [0, 0.05) is 61.0 Å². The molecule has 0 spiro atoms. The summed E-state index contributed by atoms with van der Waals surface area (Å²) in [6, 6.07) is 15.7. The Hall–Kier alpha value is -5.56. The molecular weight excluding hydrogens is 614 g/mol. The molecule has 0 unspecified atom stereocenters. The van der Waals surface area contributed by atoms with Gasteiger partial charge in [0.05, 0.1) is 18.7 Å². The van der Waals surface area contributed by atoms with Crippen LogP contribution in [0, 0.1) is 0 Å². The van der Waals surface area contributed by atoms with Crippen molar-refractivity contribution >= 4 is 40.4 Å². The third kappa shape index (κ3) is 7.05. The van der Waals surface area contributed by atoms with Crippen LogP contribution >= 0.6 is 0 Å². The van der Waals surface area contributed by atoms with E-state index in [2.05, 4.69) is 25.9 Å². The lowest BCUT2D eigenvalue weighted by Crippen LogP contribution is -2.56. The fourth-order valence-corrected chi connectivity index (χ4v) is 6.35. The maximum atomic E-state index is 14.2. The first kappa shape index (κ1) is 32.4. The molecule has 5 amide bonds. The van der Waals surface area contributed by atoms with Gasteiger partial charge in [0.2, 0.25) is 23.6 Å². The van der Waals surface area contributed by atoms with Gasteiger partial charge in [-0.25, -0.2) is 0 Å². The zero-order chi connectivity index (χ0) is 33.8. The lowest BCUT2D eigenvalue weighted by atomic mass is 10.0. The van der Waals surface area contributed by atoms with Crippen molar-refractivity contribution in [2.45, 2.75) is 50.0 Å². The molecule has 0 bridgehead atoms. The van der Waals surface area contributed by atoms with Crippen LogP contribution in [0.25, 0.3) is 10.9 Å². The fourth-order valence-electron chi connectivity index (χ4n) is 6.35. The molecule has 248 valence electrons. The van der Waals surface area contributed by atoms with E-state index >= 15 is 0 Å². The Kier molecular flexibility index (Phi) is 9.48. The number of rotatable bonds is 4. The second kappa shape index (κ2) is 14.1. The molecule has 6 rings (SSSR count). The van der Waals surface area contributed by atoms with Crippen LogP contribution in [0.2, 0.25) is 0 Å². The summed E-state index contributed by atoms with van der Waals surface area (Å²) in [6.45, 7) is 0.875. The number of pyridine rings is 1. The summed E-state index contributed by atoms with van der Waals surface area (Å²) in [4.78, 5) is 78.8. The standard InChI is InChI=1S/C35H37N7O6/c1-21-32(45)40-29(22-7-3-2-4-8-22)19-41(34(47)23-11-13-36-14-12-23)20-31(44)39-28(15-24-17-37-27-10-6-5-9-26(24)27)35(48)42-18-25(43)16-30(42)33(46)38-21/h2-14,17,21,25,28-30,37,43H,15-16,18-20H2,1H3,(H,38,46)(H,39,44)(H,40,45)/t21-,25+,28+,29-,30-/m0/s1. The van der Waals surface area contributed by atoms with Crippen molar-refractivity contribution in [3.05, 3.63) is 102 Å². The van der Waals surface area contributed by atoms with Crippen LogP contribution in [0.1, 0.15) is 40.9 Å². The Morgan fingerprint density at radius 2 is 1.62 bits per heavy atom. The van der Waals surface area contributed by atoms with Gasteiger partial charge in [-0.05, 0) is 36.2 Å². The van der Waals surface area contributed by atoms with E-state index in [9.17, 15) is 29.1 Å². The van der Waals surface area contributed by atoms with Crippen LogP contribution in [0.4, 0.5) is 0 Å². The first-order valence-corrected chi connectivity index (χ1v) is 15.9. The molecule has 2 aliphatic heterocycles. The van der Waals surface area contributed by atoms with Crippen molar-refractivity contribution in [1.82, 2.24) is 35.7 Å². The van der Waals surface area contributed by atoms with Crippen LogP contribution in [0.5, 0.6) is 0 Å². The SMILES string of the molecule is C[C@@H]1NC(=O)[C@@H]2C[C@@H](O)CN2C(=O)[C@@H](Cc2c[nH]c3ccccc23)NC(=O)CN(C(=O)c2ccncc2)C[C@@H](c2ccccc2)NC1=O. The number of para-hydroxylation sites is 1. The van der Waals surface area contributed by atoms with Gasteiger partial charge in [-0.15, -0.1) is 0 Å². The summed E-state index contributed by atoms with van der Waals surface area (Å²) < 4.78 is 0. The van der Waals surface area contributed by atoms with Crippen LogP contribution in [0.15, 0.2) is 85.3 Å². The number of carbonyl (C=O) groups is 5. The third-order valence-electron chi connectivity index (χ3n) is 8.82. The zero-order valence-electron chi connectivity index (χ0n) is 26.3. The molecule has 5 N–H and O–H groups in total. The van der Waals surface area contributed by atoms with Gasteiger partial charge < -0.3 is 35.8 Å². The van der Waals surface area contributed by atoms with Crippen LogP contribution in [0.3, 0.4) is 0 Å². The highest BCUT2D eigenvalue weighted by Gasteiger charge is 2.42. The Balaban J connectivity index is 1.39. The molecule has 2 aliphatic rings. The van der Waals surface area contributed by atoms with Crippen molar-refractivity contribution < 1.29 is 29.1 Å². The van der Waals surface area contributed by atoms with Gasteiger partial charge in [0.15, 0.2) is 0 Å². The van der Waals surface area contributed by atoms with E-state index in [0.717, 1.165) is 16.5 Å². The number of fused-ring (bicyclic) bond motifs is 2. The van der Waals surface area contributed by atoms with E-state index < -0.39 is 66.4 Å². The fraction of sp³-hybridized carbons (Fsp3) is 0.314. The minimum absolute atomic E-state index is 0.0273. The molecule has 0 radical (unpaired) electrons. The Bertz CT molecular complexity index is 1810. The topological polar surface area (TPSA) is 177 Å². The van der Waals surface area contributed by atoms with E-state index in [-0.39, 0.29) is 31.5 Å². The smallest absolute Gasteiger partial charge is 0.254 e. The van der Waals surface area contributed by atoms with Crippen molar-refractivity contribution in [3.63, 3.8) is 0 Å². The van der Waals surface area contributed by atoms with Crippen molar-refractivity contribution in [2.24, 2.45) is 0 Å². The number of H-pyrrole nitrogens is 1. The first-order chi connectivity index (χ1) is 23.2. The number of amides is 5. The molecule has 4 aromatic rings. The Morgan fingerprint density at radius 1 is 0.896 bits per heavy atom. The lowest BCUT2D eigenvalue weighted by Gasteiger charge is -2.30. The van der Waals surface area contributed by atoms with Crippen LogP contribution < -0.4 is 16.0 Å². The number of nitrogens with one attached hydrogen (secondary N) is 4. The summed E-state index contributed by atoms with van der Waals surface area (Å²) in [5, 5.41) is 19.9. The van der Waals surface area contributed by atoms with Gasteiger partial charge in [-0.2, -0.15) is 0 Å². The molecule has 13 heteroatoms. The van der Waals surface area contributed by atoms with Crippen LogP contribution in [-0.4, -0.2) is 98.3 Å². The van der Waals surface area contributed by atoms with Crippen molar-refractivity contribution in [1.29, 1.82) is 0 Å². The number of aromatic nitrogens is 2. The molecule has 4 heterocycles. The maximum absolute atomic E-state index is 14.2. The van der Waals surface area contributed by atoms with Crippen molar-refractivity contribution in [3.8, 4) is 0 Å². The number of aromatic amines is 1. The zero-order valence-corrected chi connectivity index (χ0v) is 26.3. The minimum atomic E-state index is -1.14. The summed E-state index contributed by atoms with van der Waals surface area (Å²) in [5.74, 6) is -2.78. The molecule has 48 heavy (non-hydrogen) atoms. The number of nitrogens with zero attached hydrogens (tertiary/aromatic N) is 3. The second-order valence-corrected chi connectivity index (χ2v) is 12.2. The third-order valence-corrected chi connectivity index (χ3v) is 8.82. The molecule has 2 aromatic heterocycles. The highest BCUT2D eigenvalue weighted by atomic mass is 16.3. The monoisotopic (exact) mass is 651 g/mol. The normalized spacial score (nSPS) is 24.2. The van der Waals surface area contributed by atoms with E-state index in [1.807, 2.05) is 30.3 Å². The Morgan fingerprint density at radius 3 is 2.40 bits per heavy atom. The highest BCUT2D eigenvalue weighted by molar-refractivity contribution is 5.98. The van der Waals surface area contributed by atoms with Gasteiger partial charge in [0.1, 0.15) is 18.1 Å². The molecule has 13 nitrogen and oxygen atoms in total. The van der Waals surface area contributed by atoms with Gasteiger partial charge in [-0.3, -0.25) is 29.0 Å². The predicted octanol–water partition coefficient (Wildman–Crippen LogP) is 1.07. The van der Waals surface area contributed by atoms with E-state index in [1.165, 1.54) is 41.2 Å². The number of aliphatic hydroxyl groups is 1. The number of hydrogen-bond acceptors (Lipinski definition) is 7. The number of carbonyl (C=O) groups excluding carboxylic acids is 5. The van der Waals surface area contributed by atoms with Crippen LogP contribution in [-0.2, 0) is 25.6 Å². The first-order valence-electron chi connectivity index (χ1n) is 15.9. The summed E-state index contributed by atoms with van der Waals surface area (Å²) in [6.07, 6.45) is 3.79. The quantitative estimate of drug-likeness (QED) is 0.219. The predicted molar refractivity (Wildman–Crippen MR) is 175 cm³/mol. The summed E-state index contributed by atoms with van der Waals surface area (Å²) in [7, 11) is 0. The molecule has 2 fully saturated rings. The number of aliphatic hydroxyl groups excluding tert-OH is 1. The Labute approximate surface area is 276 Å². The maximum Gasteiger partial charge on any atom is 0.254 e. The number of hydrogen-bond donors (Lipinski definition) is 5. The minimum Gasteiger partial charge on any atom is -0.391 e. The average Bonchev–Trinajstić information content (AvgIpc) is 3.70. The van der Waals surface area contributed by atoms with Crippen molar-refractivity contribution in [2.75, 3.05) is 19.6 Å².